The molecule has 0 unspecified atom stereocenters. The van der Waals surface area contributed by atoms with Gasteiger partial charge in [-0.05, 0) is 18.1 Å². The van der Waals surface area contributed by atoms with E-state index >= 15 is 0 Å². The average molecular weight is 294 g/mol. The van der Waals surface area contributed by atoms with Crippen molar-refractivity contribution in [3.63, 3.8) is 0 Å². The summed E-state index contributed by atoms with van der Waals surface area (Å²) < 4.78 is 13.5. The Bertz CT molecular complexity index is 627. The normalized spacial score (nSPS) is 10.7. The van der Waals surface area contributed by atoms with Crippen LogP contribution < -0.4 is 16.6 Å². The molecule has 1 heterocycles. The maximum atomic E-state index is 13.5. The van der Waals surface area contributed by atoms with E-state index in [0.29, 0.717) is 5.13 Å². The van der Waals surface area contributed by atoms with Crippen LogP contribution in [-0.4, -0.2) is 10.9 Å². The van der Waals surface area contributed by atoms with Gasteiger partial charge >= 0.3 is 0 Å². The van der Waals surface area contributed by atoms with Gasteiger partial charge in [0.25, 0.3) is 5.91 Å². The quantitative estimate of drug-likeness (QED) is 0.598. The monoisotopic (exact) mass is 294 g/mol. The fourth-order valence-corrected chi connectivity index (χ4v) is 2.50. The van der Waals surface area contributed by atoms with Gasteiger partial charge in [0, 0.05) is 5.38 Å². The molecule has 7 heteroatoms. The number of nitrogens with two attached hydrogens (primary N) is 1. The highest BCUT2D eigenvalue weighted by Gasteiger charge is 2.16. The Morgan fingerprint density at radius 2 is 2.20 bits per heavy atom. The van der Waals surface area contributed by atoms with Gasteiger partial charge in [0.1, 0.15) is 5.82 Å². The minimum atomic E-state index is -0.581. The first-order valence-electron chi connectivity index (χ1n) is 6.04. The Morgan fingerprint density at radius 3 is 2.80 bits per heavy atom. The van der Waals surface area contributed by atoms with Crippen LogP contribution in [0.1, 0.15) is 35.8 Å². The number of amides is 1. The highest BCUT2D eigenvalue weighted by atomic mass is 32.1. The number of hydrazine groups is 1. The Kier molecular flexibility index (Phi) is 4.31. The lowest BCUT2D eigenvalue weighted by Crippen LogP contribution is -2.18. The number of hydrogen-bond donors (Lipinski definition) is 3. The molecule has 0 aliphatic carbocycles. The van der Waals surface area contributed by atoms with Crippen molar-refractivity contribution in [1.82, 2.24) is 4.98 Å². The van der Waals surface area contributed by atoms with Gasteiger partial charge in [-0.25, -0.2) is 9.37 Å². The molecular formula is C13H15FN4OS. The SMILES string of the molecule is CC(C)c1csc(NC(=O)c2cccc(F)c2NN)n1. The largest absolute Gasteiger partial charge is 0.321 e. The number of hydrogen-bond acceptors (Lipinski definition) is 5. The number of halogens is 1. The van der Waals surface area contributed by atoms with Gasteiger partial charge in [-0.3, -0.25) is 16.0 Å². The highest BCUT2D eigenvalue weighted by molar-refractivity contribution is 7.14. The Labute approximate surface area is 120 Å². The maximum Gasteiger partial charge on any atom is 0.259 e. The van der Waals surface area contributed by atoms with E-state index in [9.17, 15) is 9.18 Å². The number of nitrogens with one attached hydrogen (secondary N) is 2. The van der Waals surface area contributed by atoms with E-state index < -0.39 is 11.7 Å². The zero-order valence-electron chi connectivity index (χ0n) is 11.1. The summed E-state index contributed by atoms with van der Waals surface area (Å²) in [5.74, 6) is 4.49. The second-order valence-electron chi connectivity index (χ2n) is 4.49. The molecule has 0 bridgehead atoms. The van der Waals surface area contributed by atoms with Crippen molar-refractivity contribution >= 4 is 28.1 Å². The number of thiazole rings is 1. The summed E-state index contributed by atoms with van der Waals surface area (Å²) >= 11 is 1.33. The lowest BCUT2D eigenvalue weighted by atomic mass is 10.1. The van der Waals surface area contributed by atoms with Crippen LogP contribution in [0.4, 0.5) is 15.2 Å². The van der Waals surface area contributed by atoms with Crippen molar-refractivity contribution in [2.75, 3.05) is 10.7 Å². The van der Waals surface area contributed by atoms with E-state index in [-0.39, 0.29) is 17.2 Å². The number of carbonyl (C=O) groups excluding carboxylic acids is 1. The third-order valence-corrected chi connectivity index (χ3v) is 3.51. The summed E-state index contributed by atoms with van der Waals surface area (Å²) in [6.07, 6.45) is 0. The van der Waals surface area contributed by atoms with Crippen LogP contribution in [0.25, 0.3) is 0 Å². The van der Waals surface area contributed by atoms with Crippen LogP contribution in [0, 0.1) is 5.82 Å². The summed E-state index contributed by atoms with van der Waals surface area (Å²) in [6, 6.07) is 4.17. The molecule has 4 N–H and O–H groups in total. The van der Waals surface area contributed by atoms with Crippen molar-refractivity contribution in [2.45, 2.75) is 19.8 Å². The maximum absolute atomic E-state index is 13.5. The van der Waals surface area contributed by atoms with Crippen LogP contribution in [0.3, 0.4) is 0 Å². The molecule has 5 nitrogen and oxygen atoms in total. The van der Waals surface area contributed by atoms with Crippen molar-refractivity contribution in [1.29, 1.82) is 0 Å². The Morgan fingerprint density at radius 1 is 1.45 bits per heavy atom. The third kappa shape index (κ3) is 2.94. The highest BCUT2D eigenvalue weighted by Crippen LogP contribution is 2.24. The van der Waals surface area contributed by atoms with E-state index in [4.69, 9.17) is 5.84 Å². The minimum absolute atomic E-state index is 0.0364. The number of carbonyl (C=O) groups is 1. The van der Waals surface area contributed by atoms with Gasteiger partial charge < -0.3 is 5.43 Å². The molecule has 106 valence electrons. The topological polar surface area (TPSA) is 80.0 Å². The van der Waals surface area contributed by atoms with Crippen molar-refractivity contribution in [2.24, 2.45) is 5.84 Å². The summed E-state index contributed by atoms with van der Waals surface area (Å²) in [5.41, 5.74) is 3.20. The van der Waals surface area contributed by atoms with E-state index in [1.54, 1.807) is 0 Å². The number of para-hydroxylation sites is 1. The van der Waals surface area contributed by atoms with Crippen molar-refractivity contribution in [3.05, 3.63) is 40.7 Å². The second-order valence-corrected chi connectivity index (χ2v) is 5.35. The fraction of sp³-hybridized carbons (Fsp3) is 0.231. The summed E-state index contributed by atoms with van der Waals surface area (Å²) in [7, 11) is 0. The van der Waals surface area contributed by atoms with Gasteiger partial charge in [0.15, 0.2) is 5.13 Å². The van der Waals surface area contributed by atoms with Crippen molar-refractivity contribution in [3.8, 4) is 0 Å². The van der Waals surface area contributed by atoms with Gasteiger partial charge in [-0.1, -0.05) is 19.9 Å². The number of rotatable bonds is 4. The number of anilines is 2. The molecule has 0 saturated heterocycles. The van der Waals surface area contributed by atoms with E-state index in [0.717, 1.165) is 5.69 Å². The zero-order valence-corrected chi connectivity index (χ0v) is 11.9. The summed E-state index contributed by atoms with van der Waals surface area (Å²) in [5, 5.41) is 5.00. The van der Waals surface area contributed by atoms with Crippen LogP contribution in [0.5, 0.6) is 0 Å². The van der Waals surface area contributed by atoms with E-state index in [2.05, 4.69) is 15.7 Å². The predicted octanol–water partition coefficient (Wildman–Crippen LogP) is 2.94. The first kappa shape index (κ1) is 14.4. The second kappa shape index (κ2) is 5.98. The molecule has 0 fully saturated rings. The smallest absolute Gasteiger partial charge is 0.259 e. The van der Waals surface area contributed by atoms with Gasteiger partial charge in [-0.15, -0.1) is 11.3 Å². The molecule has 2 aromatic rings. The molecule has 2 rings (SSSR count). The number of nitrogen functional groups attached to an aromatic ring is 1. The lowest BCUT2D eigenvalue weighted by Gasteiger charge is -2.08. The molecule has 1 aromatic heterocycles. The third-order valence-electron chi connectivity index (χ3n) is 2.74. The zero-order chi connectivity index (χ0) is 14.7. The van der Waals surface area contributed by atoms with Crippen LogP contribution in [0.15, 0.2) is 23.6 Å². The molecule has 0 spiro atoms. The molecule has 0 aliphatic heterocycles. The Balaban J connectivity index is 2.21. The molecule has 20 heavy (non-hydrogen) atoms. The van der Waals surface area contributed by atoms with Crippen LogP contribution in [-0.2, 0) is 0 Å². The number of benzene rings is 1. The number of aromatic nitrogens is 1. The number of nitrogens with zero attached hydrogens (tertiary/aromatic N) is 1. The molecule has 1 aromatic carbocycles. The first-order chi connectivity index (χ1) is 9.52. The van der Waals surface area contributed by atoms with Crippen molar-refractivity contribution < 1.29 is 9.18 Å². The molecule has 0 aliphatic rings. The summed E-state index contributed by atoms with van der Waals surface area (Å²) in [4.78, 5) is 16.4. The van der Waals surface area contributed by atoms with Crippen LogP contribution >= 0.6 is 11.3 Å². The average Bonchev–Trinajstić information content (AvgIpc) is 2.87. The molecule has 1 amide bonds. The van der Waals surface area contributed by atoms with Gasteiger partial charge in [0.05, 0.1) is 16.9 Å². The minimum Gasteiger partial charge on any atom is -0.321 e. The lowest BCUT2D eigenvalue weighted by molar-refractivity contribution is 0.102. The first-order valence-corrected chi connectivity index (χ1v) is 6.92. The Hall–Kier alpha value is -1.99. The van der Waals surface area contributed by atoms with Gasteiger partial charge in [0.2, 0.25) is 0 Å². The fourth-order valence-electron chi connectivity index (χ4n) is 1.63. The van der Waals surface area contributed by atoms with Gasteiger partial charge in [-0.2, -0.15) is 0 Å². The standard InChI is InChI=1S/C13H15FN4OS/c1-7(2)10-6-20-13(16-10)17-12(19)8-4-3-5-9(14)11(8)18-15/h3-7,18H,15H2,1-2H3,(H,16,17,19). The molecule has 0 radical (unpaired) electrons. The molecule has 0 atom stereocenters. The predicted molar refractivity (Wildman–Crippen MR) is 78.4 cm³/mol. The van der Waals surface area contributed by atoms with E-state index in [1.807, 2.05) is 19.2 Å². The van der Waals surface area contributed by atoms with E-state index in [1.165, 1.54) is 29.5 Å². The van der Waals surface area contributed by atoms with Crippen LogP contribution in [0.2, 0.25) is 0 Å². The summed E-state index contributed by atoms with van der Waals surface area (Å²) in [6.45, 7) is 4.04. The molecule has 0 saturated carbocycles. The molecular weight excluding hydrogens is 279 g/mol.